The van der Waals surface area contributed by atoms with Crippen molar-refractivity contribution in [2.75, 3.05) is 11.4 Å². The largest absolute Gasteiger partial charge is 0.416 e. The van der Waals surface area contributed by atoms with E-state index in [1.54, 1.807) is 0 Å². The normalized spacial score (nSPS) is 26.3. The van der Waals surface area contributed by atoms with Crippen molar-refractivity contribution in [1.29, 1.82) is 0 Å². The molecule has 0 spiro atoms. The Balaban J connectivity index is 0.00000308. The zero-order chi connectivity index (χ0) is 27.1. The minimum absolute atomic E-state index is 0. The lowest BCUT2D eigenvalue weighted by Crippen LogP contribution is -2.51. The van der Waals surface area contributed by atoms with Crippen LogP contribution < -0.4 is 10.6 Å². The number of rotatable bonds is 7. The van der Waals surface area contributed by atoms with Crippen LogP contribution in [0.25, 0.3) is 0 Å². The number of halogens is 6. The molecule has 3 aliphatic carbocycles. The molecule has 4 aliphatic rings. The molecule has 1 atom stereocenters. The van der Waals surface area contributed by atoms with Crippen molar-refractivity contribution < 1.29 is 32.3 Å². The van der Waals surface area contributed by atoms with Crippen LogP contribution in [0.3, 0.4) is 0 Å². The number of fused-ring (bicyclic) bond motifs is 1. The Morgan fingerprint density at radius 3 is 2.23 bits per heavy atom. The Labute approximate surface area is 233 Å². The van der Waals surface area contributed by atoms with Crippen LogP contribution in [0.15, 0.2) is 30.3 Å². The average Bonchev–Trinajstić information content (AvgIpc) is 3.73. The van der Waals surface area contributed by atoms with Gasteiger partial charge in [0.25, 0.3) is 5.91 Å². The highest BCUT2D eigenvalue weighted by molar-refractivity contribution is 6.32. The molecular weight excluding hydrogens is 561 g/mol. The van der Waals surface area contributed by atoms with E-state index in [1.165, 1.54) is 37.8 Å². The van der Waals surface area contributed by atoms with E-state index in [9.17, 15) is 27.9 Å². The monoisotopic (exact) mass is 587 g/mol. The number of nitrogens with zero attached hydrogens (tertiary/aromatic N) is 2. The van der Waals surface area contributed by atoms with Gasteiger partial charge in [0.2, 0.25) is 11.5 Å². The van der Waals surface area contributed by atoms with Gasteiger partial charge < -0.3 is 15.7 Å². The van der Waals surface area contributed by atoms with Crippen molar-refractivity contribution in [2.45, 2.75) is 68.4 Å². The van der Waals surface area contributed by atoms with Crippen molar-refractivity contribution in [3.63, 3.8) is 0 Å². The number of benzene rings is 2. The van der Waals surface area contributed by atoms with Gasteiger partial charge in [-0.1, -0.05) is 17.7 Å². The Hall–Kier alpha value is -2.40. The van der Waals surface area contributed by atoms with E-state index >= 15 is 4.39 Å². The Bertz CT molecular complexity index is 1310. The molecule has 0 bridgehead atoms. The molecule has 3 N–H and O–H groups in total. The number of nitrogens with two attached hydrogens (primary N) is 1. The molecule has 2 aromatic rings. The third kappa shape index (κ3) is 4.59. The zero-order valence-corrected chi connectivity index (χ0v) is 22.3. The summed E-state index contributed by atoms with van der Waals surface area (Å²) in [6.07, 6.45) is 1.10. The van der Waals surface area contributed by atoms with Crippen LogP contribution in [0.5, 0.6) is 0 Å². The summed E-state index contributed by atoms with van der Waals surface area (Å²) in [4.78, 5) is 29.4. The van der Waals surface area contributed by atoms with Gasteiger partial charge in [-0.05, 0) is 68.7 Å². The molecule has 0 radical (unpaired) electrons. The minimum atomic E-state index is -5.09. The molecule has 2 aromatic carbocycles. The van der Waals surface area contributed by atoms with Gasteiger partial charge >= 0.3 is 6.18 Å². The van der Waals surface area contributed by atoms with Gasteiger partial charge in [0.1, 0.15) is 5.82 Å². The minimum Gasteiger partial charge on any atom is -0.372 e. The summed E-state index contributed by atoms with van der Waals surface area (Å²) < 4.78 is 58.0. The van der Waals surface area contributed by atoms with Crippen LogP contribution in [-0.4, -0.2) is 46.5 Å². The molecule has 3 fully saturated rings. The second-order valence-corrected chi connectivity index (χ2v) is 11.3. The number of hydrogen-bond acceptors (Lipinski definition) is 4. The van der Waals surface area contributed by atoms with E-state index in [-0.39, 0.29) is 30.6 Å². The molecule has 210 valence electrons. The predicted octanol–water partition coefficient (Wildman–Crippen LogP) is 5.01. The molecule has 0 saturated heterocycles. The van der Waals surface area contributed by atoms with E-state index < -0.39 is 56.7 Å². The molecule has 6 rings (SSSR count). The molecule has 1 unspecified atom stereocenters. The highest BCUT2D eigenvalue weighted by Gasteiger charge is 2.58. The number of alkyl halides is 3. The highest BCUT2D eigenvalue weighted by Crippen LogP contribution is 2.53. The molecule has 6 nitrogen and oxygen atoms in total. The van der Waals surface area contributed by atoms with E-state index in [1.807, 2.05) is 0 Å². The van der Waals surface area contributed by atoms with E-state index in [2.05, 4.69) is 4.90 Å². The zero-order valence-electron chi connectivity index (χ0n) is 20.7. The van der Waals surface area contributed by atoms with Crippen LogP contribution in [0.1, 0.15) is 65.6 Å². The van der Waals surface area contributed by atoms with Gasteiger partial charge in [-0.15, -0.1) is 12.4 Å². The number of amides is 2. The maximum atomic E-state index is 15.0. The molecule has 1 heterocycles. The number of hydrogen-bond donors (Lipinski definition) is 2. The fourth-order valence-electron chi connectivity index (χ4n) is 6.25. The standard InChI is InChI=1S/C27H26ClF4N3O3.ClH/c28-19-2-1-3-20(29)23(19)26(38)22-18(27(30,31)32)10-14(24(33)36)11-21(22)34(25(26)37)12-13-8-17(9-13)35(15-4-5-15)16-6-7-16;/h1-3,10-11,13,15-17,38H,4-9,12H2,(H2,33,36);1H/t13-,17-,26?;. The molecule has 0 aromatic heterocycles. The van der Waals surface area contributed by atoms with Crippen molar-refractivity contribution in [2.24, 2.45) is 11.7 Å². The first kappa shape index (κ1) is 28.1. The van der Waals surface area contributed by atoms with Crippen molar-refractivity contribution in [3.05, 3.63) is 63.4 Å². The third-order valence-electron chi connectivity index (χ3n) is 8.25. The number of carbonyl (C=O) groups excluding carboxylic acids is 2. The Kier molecular flexibility index (Phi) is 6.93. The van der Waals surface area contributed by atoms with Crippen LogP contribution >= 0.6 is 24.0 Å². The van der Waals surface area contributed by atoms with Crippen LogP contribution in [0, 0.1) is 11.7 Å². The van der Waals surface area contributed by atoms with Gasteiger partial charge in [-0.2, -0.15) is 13.2 Å². The summed E-state index contributed by atoms with van der Waals surface area (Å²) in [5.74, 6) is -3.43. The first-order chi connectivity index (χ1) is 17.9. The summed E-state index contributed by atoms with van der Waals surface area (Å²) in [5, 5.41) is 11.4. The number of primary amides is 1. The topological polar surface area (TPSA) is 86.9 Å². The van der Waals surface area contributed by atoms with Gasteiger partial charge in [0, 0.05) is 35.8 Å². The van der Waals surface area contributed by atoms with Gasteiger partial charge in [-0.25, -0.2) is 4.39 Å². The van der Waals surface area contributed by atoms with Crippen molar-refractivity contribution in [1.82, 2.24) is 4.90 Å². The second-order valence-electron chi connectivity index (χ2n) is 10.9. The smallest absolute Gasteiger partial charge is 0.372 e. The maximum Gasteiger partial charge on any atom is 0.416 e. The van der Waals surface area contributed by atoms with Crippen LogP contribution in [-0.2, 0) is 16.6 Å². The van der Waals surface area contributed by atoms with E-state index in [4.69, 9.17) is 17.3 Å². The Morgan fingerprint density at radius 2 is 1.72 bits per heavy atom. The first-order valence-electron chi connectivity index (χ1n) is 12.7. The molecule has 3 saturated carbocycles. The summed E-state index contributed by atoms with van der Waals surface area (Å²) in [6, 6.07) is 6.41. The fraction of sp³-hybridized carbons (Fsp3) is 0.481. The quantitative estimate of drug-likeness (QED) is 0.446. The first-order valence-corrected chi connectivity index (χ1v) is 13.1. The summed E-state index contributed by atoms with van der Waals surface area (Å²) in [7, 11) is 0. The lowest BCUT2D eigenvalue weighted by molar-refractivity contribution is -0.142. The number of carbonyl (C=O) groups is 2. The van der Waals surface area contributed by atoms with Gasteiger partial charge in [-0.3, -0.25) is 14.5 Å². The number of aliphatic hydroxyl groups is 1. The van der Waals surface area contributed by atoms with Crippen LogP contribution in [0.2, 0.25) is 5.02 Å². The fourth-order valence-corrected chi connectivity index (χ4v) is 6.54. The SMILES string of the molecule is Cl.NC(=O)c1cc2c(c(C(F)(F)F)c1)C(O)(c1c(F)cccc1Cl)C(=O)N2C[C@H]1C[C@H](N(C2CC2)C2CC2)C1. The van der Waals surface area contributed by atoms with Gasteiger partial charge in [0.05, 0.1) is 21.8 Å². The molecule has 2 amide bonds. The summed E-state index contributed by atoms with van der Waals surface area (Å²) >= 11 is 6.16. The third-order valence-corrected chi connectivity index (χ3v) is 8.56. The molecule has 1 aliphatic heterocycles. The number of anilines is 1. The van der Waals surface area contributed by atoms with E-state index in [0.717, 1.165) is 29.9 Å². The van der Waals surface area contributed by atoms with Crippen molar-refractivity contribution >= 4 is 41.5 Å². The molecule has 12 heteroatoms. The molecule has 39 heavy (non-hydrogen) atoms. The lowest BCUT2D eigenvalue weighted by atomic mass is 9.78. The summed E-state index contributed by atoms with van der Waals surface area (Å²) in [5.41, 5.74) is -1.55. The maximum absolute atomic E-state index is 15.0. The van der Waals surface area contributed by atoms with E-state index in [0.29, 0.717) is 24.2 Å². The highest BCUT2D eigenvalue weighted by atomic mass is 35.5. The average molecular weight is 588 g/mol. The lowest BCUT2D eigenvalue weighted by Gasteiger charge is -2.45. The van der Waals surface area contributed by atoms with Crippen molar-refractivity contribution in [3.8, 4) is 0 Å². The van der Waals surface area contributed by atoms with Gasteiger partial charge in [0.15, 0.2) is 0 Å². The summed E-state index contributed by atoms with van der Waals surface area (Å²) in [6.45, 7) is 0.0133. The Morgan fingerprint density at radius 1 is 1.10 bits per heavy atom. The second kappa shape index (κ2) is 9.61. The predicted molar refractivity (Wildman–Crippen MR) is 138 cm³/mol. The van der Waals surface area contributed by atoms with Crippen LogP contribution in [0.4, 0.5) is 23.2 Å². The molecular formula is C27H27Cl2F4N3O3.